The average molecular weight is 511 g/mol. The summed E-state index contributed by atoms with van der Waals surface area (Å²) in [6.45, 7) is 3.00. The third-order valence-corrected chi connectivity index (χ3v) is 8.12. The van der Waals surface area contributed by atoms with E-state index in [1.165, 1.54) is 23.5 Å². The molecule has 2 fully saturated rings. The number of hydrogen-bond donors (Lipinski definition) is 3. The minimum Gasteiger partial charge on any atom is -0.384 e. The van der Waals surface area contributed by atoms with E-state index in [2.05, 4.69) is 15.6 Å². The first-order chi connectivity index (χ1) is 16.6. The molecule has 1 aliphatic carbocycles. The Balaban J connectivity index is 1.38. The van der Waals surface area contributed by atoms with Crippen molar-refractivity contribution in [2.24, 2.45) is 0 Å². The van der Waals surface area contributed by atoms with Crippen LogP contribution in [0.4, 0.5) is 13.2 Å². The molecule has 7 nitrogen and oxygen atoms in total. The highest BCUT2D eigenvalue weighted by Crippen LogP contribution is 2.41. The van der Waals surface area contributed by atoms with Crippen molar-refractivity contribution >= 4 is 23.2 Å². The van der Waals surface area contributed by atoms with Gasteiger partial charge < -0.3 is 20.6 Å². The molecule has 4 rings (SSSR count). The Morgan fingerprint density at radius 3 is 2.54 bits per heavy atom. The van der Waals surface area contributed by atoms with Crippen molar-refractivity contribution in [2.45, 2.75) is 62.9 Å². The molecule has 2 amide bonds. The van der Waals surface area contributed by atoms with Crippen LogP contribution >= 0.6 is 11.3 Å². The van der Waals surface area contributed by atoms with Gasteiger partial charge in [0.15, 0.2) is 0 Å². The van der Waals surface area contributed by atoms with Gasteiger partial charge in [0.25, 0.3) is 5.91 Å². The van der Waals surface area contributed by atoms with Crippen LogP contribution in [-0.4, -0.2) is 58.5 Å². The lowest BCUT2D eigenvalue weighted by Crippen LogP contribution is -2.63. The maximum absolute atomic E-state index is 13.1. The summed E-state index contributed by atoms with van der Waals surface area (Å²) in [5.74, 6) is -1.01. The quantitative estimate of drug-likeness (QED) is 0.532. The normalized spacial score (nSPS) is 22.9. The van der Waals surface area contributed by atoms with E-state index in [1.807, 2.05) is 6.92 Å². The molecule has 0 bridgehead atoms. The standard InChI is InChI=1S/C24H29F3N4O3S/c1-2-20-29-13-19(35-20)23(34)8-6-17(7-9-23)31(18-11-28-12-18)21(32)14-30-22(33)15-4-3-5-16(10-15)24(25,26)27/h3-5,10,13,17-18,28,34H,2,6-9,11-12,14H2,1H3,(H,30,33). The van der Waals surface area contributed by atoms with Crippen LogP contribution < -0.4 is 10.6 Å². The number of aromatic nitrogens is 1. The molecule has 1 aromatic carbocycles. The Morgan fingerprint density at radius 2 is 1.97 bits per heavy atom. The van der Waals surface area contributed by atoms with Crippen LogP contribution in [-0.2, 0) is 23.0 Å². The van der Waals surface area contributed by atoms with Crippen molar-refractivity contribution in [1.29, 1.82) is 0 Å². The number of aryl methyl sites for hydroxylation is 1. The maximum atomic E-state index is 13.1. The molecule has 2 aliphatic rings. The summed E-state index contributed by atoms with van der Waals surface area (Å²) in [6, 6.07) is 4.03. The largest absolute Gasteiger partial charge is 0.416 e. The number of carbonyl (C=O) groups is 2. The second-order valence-electron chi connectivity index (χ2n) is 9.11. The van der Waals surface area contributed by atoms with Crippen LogP contribution in [0.25, 0.3) is 0 Å². The van der Waals surface area contributed by atoms with E-state index in [4.69, 9.17) is 0 Å². The Hall–Kier alpha value is -2.50. The van der Waals surface area contributed by atoms with E-state index in [0.717, 1.165) is 28.4 Å². The van der Waals surface area contributed by atoms with E-state index >= 15 is 0 Å². The average Bonchev–Trinajstić information content (AvgIpc) is 3.30. The smallest absolute Gasteiger partial charge is 0.384 e. The lowest BCUT2D eigenvalue weighted by molar-refractivity contribution is -0.139. The third kappa shape index (κ3) is 5.68. The lowest BCUT2D eigenvalue weighted by atomic mass is 9.80. The van der Waals surface area contributed by atoms with Crippen LogP contribution in [0.3, 0.4) is 0 Å². The van der Waals surface area contributed by atoms with Gasteiger partial charge in [0, 0.05) is 30.9 Å². The van der Waals surface area contributed by atoms with Crippen LogP contribution in [0.2, 0.25) is 0 Å². The van der Waals surface area contributed by atoms with Gasteiger partial charge in [-0.1, -0.05) is 13.0 Å². The van der Waals surface area contributed by atoms with Gasteiger partial charge in [-0.15, -0.1) is 11.3 Å². The number of amides is 2. The predicted octanol–water partition coefficient (Wildman–Crippen LogP) is 3.08. The minimum absolute atomic E-state index is 0.0146. The highest BCUT2D eigenvalue weighted by atomic mass is 32.1. The van der Waals surface area contributed by atoms with Crippen LogP contribution in [0, 0.1) is 0 Å². The number of nitrogens with one attached hydrogen (secondary N) is 2. The predicted molar refractivity (Wildman–Crippen MR) is 125 cm³/mol. The van der Waals surface area contributed by atoms with Crippen LogP contribution in [0.5, 0.6) is 0 Å². The van der Waals surface area contributed by atoms with Gasteiger partial charge in [-0.05, 0) is 50.3 Å². The number of hydrogen-bond acceptors (Lipinski definition) is 6. The summed E-state index contributed by atoms with van der Waals surface area (Å²) in [5, 5.41) is 17.8. The van der Waals surface area contributed by atoms with Crippen molar-refractivity contribution in [2.75, 3.05) is 19.6 Å². The molecule has 0 unspecified atom stereocenters. The SMILES string of the molecule is CCc1ncc(C2(O)CCC(N(C(=O)CNC(=O)c3cccc(C(F)(F)F)c3)C3CNC3)CC2)s1. The summed E-state index contributed by atoms with van der Waals surface area (Å²) in [6.07, 6.45) is 0.227. The molecular formula is C24H29F3N4O3S. The molecule has 1 saturated carbocycles. The van der Waals surface area contributed by atoms with Crippen molar-refractivity contribution < 1.29 is 27.9 Å². The highest BCUT2D eigenvalue weighted by Gasteiger charge is 2.42. The van der Waals surface area contributed by atoms with Gasteiger partial charge in [-0.25, -0.2) is 4.98 Å². The Bertz CT molecular complexity index is 1060. The van der Waals surface area contributed by atoms with E-state index in [-0.39, 0.29) is 30.1 Å². The fraction of sp³-hybridized carbons (Fsp3) is 0.542. The number of benzene rings is 1. The molecule has 11 heteroatoms. The fourth-order valence-corrected chi connectivity index (χ4v) is 5.66. The van der Waals surface area contributed by atoms with Crippen molar-refractivity contribution in [3.05, 3.63) is 51.5 Å². The molecule has 190 valence electrons. The zero-order valence-corrected chi connectivity index (χ0v) is 20.2. The molecule has 35 heavy (non-hydrogen) atoms. The first-order valence-corrected chi connectivity index (χ1v) is 12.6. The van der Waals surface area contributed by atoms with Crippen molar-refractivity contribution in [1.82, 2.24) is 20.5 Å². The van der Waals surface area contributed by atoms with Gasteiger partial charge in [0.05, 0.1) is 28.0 Å². The number of carbonyl (C=O) groups excluding carboxylic acids is 2. The molecule has 1 aromatic heterocycles. The van der Waals surface area contributed by atoms with Crippen LogP contribution in [0.15, 0.2) is 30.5 Å². The van der Waals surface area contributed by atoms with Gasteiger partial charge in [-0.3, -0.25) is 9.59 Å². The number of nitrogens with zero attached hydrogens (tertiary/aromatic N) is 2. The summed E-state index contributed by atoms with van der Waals surface area (Å²) >= 11 is 1.52. The van der Waals surface area contributed by atoms with Gasteiger partial charge in [0.2, 0.25) is 5.91 Å². The number of halogens is 3. The molecule has 1 saturated heterocycles. The summed E-state index contributed by atoms with van der Waals surface area (Å²) < 4.78 is 38.9. The number of rotatable bonds is 7. The summed E-state index contributed by atoms with van der Waals surface area (Å²) in [7, 11) is 0. The second kappa shape index (κ2) is 10.2. The Labute approximate surface area is 205 Å². The highest BCUT2D eigenvalue weighted by molar-refractivity contribution is 7.11. The van der Waals surface area contributed by atoms with Crippen molar-refractivity contribution in [3.8, 4) is 0 Å². The van der Waals surface area contributed by atoms with Gasteiger partial charge in [0.1, 0.15) is 5.60 Å². The second-order valence-corrected chi connectivity index (χ2v) is 10.2. The lowest BCUT2D eigenvalue weighted by Gasteiger charge is -2.46. The molecule has 0 spiro atoms. The summed E-state index contributed by atoms with van der Waals surface area (Å²) in [5.41, 5.74) is -2.02. The van der Waals surface area contributed by atoms with Crippen LogP contribution in [0.1, 0.15) is 58.4 Å². The Morgan fingerprint density at radius 1 is 1.26 bits per heavy atom. The molecular weight excluding hydrogens is 481 g/mol. The van der Waals surface area contributed by atoms with Gasteiger partial charge >= 0.3 is 6.18 Å². The number of thiazole rings is 1. The van der Waals surface area contributed by atoms with E-state index in [9.17, 15) is 27.9 Å². The van der Waals surface area contributed by atoms with E-state index in [0.29, 0.717) is 38.8 Å². The molecule has 2 heterocycles. The van der Waals surface area contributed by atoms with Gasteiger partial charge in [-0.2, -0.15) is 13.2 Å². The molecule has 3 N–H and O–H groups in total. The molecule has 1 aliphatic heterocycles. The minimum atomic E-state index is -4.56. The number of alkyl halides is 3. The topological polar surface area (TPSA) is 94.6 Å². The first kappa shape index (κ1) is 25.6. The zero-order chi connectivity index (χ0) is 25.2. The maximum Gasteiger partial charge on any atom is 0.416 e. The number of aliphatic hydroxyl groups is 1. The molecule has 0 atom stereocenters. The first-order valence-electron chi connectivity index (χ1n) is 11.8. The van der Waals surface area contributed by atoms with E-state index < -0.39 is 23.2 Å². The Kier molecular flexibility index (Phi) is 7.48. The van der Waals surface area contributed by atoms with Crippen molar-refractivity contribution in [3.63, 3.8) is 0 Å². The van der Waals surface area contributed by atoms with E-state index in [1.54, 1.807) is 11.1 Å². The molecule has 0 radical (unpaired) electrons. The third-order valence-electron chi connectivity index (χ3n) is 6.78. The molecule has 2 aromatic rings. The zero-order valence-electron chi connectivity index (χ0n) is 19.4. The monoisotopic (exact) mass is 510 g/mol. The summed E-state index contributed by atoms with van der Waals surface area (Å²) in [4.78, 5) is 32.6. The fourth-order valence-electron chi connectivity index (χ4n) is 4.66.